The van der Waals surface area contributed by atoms with Crippen molar-refractivity contribution < 1.29 is 28.2 Å². The fourth-order valence-electron chi connectivity index (χ4n) is 4.84. The van der Waals surface area contributed by atoms with Crippen molar-refractivity contribution in [1.29, 1.82) is 0 Å². The second kappa shape index (κ2) is 13.6. The number of hydrogen-bond acceptors (Lipinski definition) is 7. The molecular formula is C31H38N4O6. The van der Waals surface area contributed by atoms with Gasteiger partial charge in [-0.15, -0.1) is 0 Å². The SMILES string of the molecule is CC(C)c1ccc(NC(=O)N(CCN2CCOCC2)CC(=O)N(Cc2ccc3c(c2)OCO3)Cc2ccco2)cc1. The Kier molecular flexibility index (Phi) is 9.43. The van der Waals surface area contributed by atoms with E-state index in [2.05, 4.69) is 24.1 Å². The average molecular weight is 563 g/mol. The van der Waals surface area contributed by atoms with Gasteiger partial charge in [0.2, 0.25) is 12.7 Å². The second-order valence-electron chi connectivity index (χ2n) is 10.6. The number of furan rings is 1. The van der Waals surface area contributed by atoms with Crippen molar-refractivity contribution in [3.8, 4) is 11.5 Å². The van der Waals surface area contributed by atoms with E-state index in [-0.39, 0.29) is 31.8 Å². The molecule has 1 saturated heterocycles. The van der Waals surface area contributed by atoms with Crippen LogP contribution in [0.4, 0.5) is 10.5 Å². The average Bonchev–Trinajstić information content (AvgIpc) is 3.67. The lowest BCUT2D eigenvalue weighted by Crippen LogP contribution is -2.48. The molecule has 1 N–H and O–H groups in total. The zero-order chi connectivity index (χ0) is 28.6. The number of carbonyl (C=O) groups excluding carboxylic acids is 2. The summed E-state index contributed by atoms with van der Waals surface area (Å²) >= 11 is 0. The van der Waals surface area contributed by atoms with E-state index in [1.165, 1.54) is 5.56 Å². The molecule has 3 heterocycles. The van der Waals surface area contributed by atoms with Gasteiger partial charge in [0.05, 0.1) is 26.0 Å². The molecule has 0 radical (unpaired) electrons. The third-order valence-electron chi connectivity index (χ3n) is 7.32. The van der Waals surface area contributed by atoms with Gasteiger partial charge in [-0.05, 0) is 53.4 Å². The molecule has 0 atom stereocenters. The molecule has 0 unspecified atom stereocenters. The standard InChI is InChI=1S/C31H38N4O6/c1-23(2)25-6-8-26(9-7-25)32-31(37)34(12-11-33-13-16-38-17-14-33)21-30(36)35(20-27-4-3-15-39-27)19-24-5-10-28-29(18-24)41-22-40-28/h3-10,15,18,23H,11-14,16-17,19-22H2,1-2H3,(H,32,37). The number of nitrogens with one attached hydrogen (secondary N) is 1. The Morgan fingerprint density at radius 1 is 0.951 bits per heavy atom. The van der Waals surface area contributed by atoms with Gasteiger partial charge in [0.25, 0.3) is 0 Å². The first-order valence-electron chi connectivity index (χ1n) is 14.1. The van der Waals surface area contributed by atoms with E-state index in [1.807, 2.05) is 48.5 Å². The van der Waals surface area contributed by atoms with E-state index >= 15 is 0 Å². The fourth-order valence-corrected chi connectivity index (χ4v) is 4.84. The predicted octanol–water partition coefficient (Wildman–Crippen LogP) is 4.53. The number of morpholine rings is 1. The summed E-state index contributed by atoms with van der Waals surface area (Å²) in [5, 5.41) is 2.99. The minimum absolute atomic E-state index is 0.0779. The van der Waals surface area contributed by atoms with Crippen LogP contribution in [-0.2, 0) is 22.6 Å². The lowest BCUT2D eigenvalue weighted by Gasteiger charge is -2.31. The van der Waals surface area contributed by atoms with E-state index in [9.17, 15) is 9.59 Å². The Hall–Kier alpha value is -4.02. The molecule has 10 nitrogen and oxygen atoms in total. The zero-order valence-electron chi connectivity index (χ0n) is 23.7. The van der Waals surface area contributed by atoms with Crippen molar-refractivity contribution in [3.63, 3.8) is 0 Å². The molecule has 0 spiro atoms. The van der Waals surface area contributed by atoms with Crippen molar-refractivity contribution in [2.45, 2.75) is 32.9 Å². The maximum atomic E-state index is 13.8. The summed E-state index contributed by atoms with van der Waals surface area (Å²) in [6, 6.07) is 16.8. The molecule has 218 valence electrons. The number of rotatable bonds is 11. The third kappa shape index (κ3) is 7.80. The van der Waals surface area contributed by atoms with Crippen LogP contribution in [-0.4, -0.2) is 79.4 Å². The highest BCUT2D eigenvalue weighted by molar-refractivity contribution is 5.92. The molecule has 0 aliphatic carbocycles. The van der Waals surface area contributed by atoms with Gasteiger partial charge in [-0.3, -0.25) is 9.69 Å². The number of carbonyl (C=O) groups is 2. The first-order chi connectivity index (χ1) is 19.9. The van der Waals surface area contributed by atoms with E-state index in [1.54, 1.807) is 22.1 Å². The smallest absolute Gasteiger partial charge is 0.322 e. The molecule has 5 rings (SSSR count). The molecule has 1 fully saturated rings. The number of benzene rings is 2. The maximum Gasteiger partial charge on any atom is 0.322 e. The molecule has 0 bridgehead atoms. The highest BCUT2D eigenvalue weighted by Gasteiger charge is 2.25. The van der Waals surface area contributed by atoms with Crippen LogP contribution in [0.5, 0.6) is 11.5 Å². The van der Waals surface area contributed by atoms with Crippen LogP contribution in [0.1, 0.15) is 36.7 Å². The van der Waals surface area contributed by atoms with Gasteiger partial charge >= 0.3 is 6.03 Å². The summed E-state index contributed by atoms with van der Waals surface area (Å²) in [6.07, 6.45) is 1.59. The van der Waals surface area contributed by atoms with Crippen LogP contribution in [0.15, 0.2) is 65.3 Å². The largest absolute Gasteiger partial charge is 0.467 e. The van der Waals surface area contributed by atoms with Gasteiger partial charge in [-0.1, -0.05) is 32.0 Å². The van der Waals surface area contributed by atoms with Gasteiger partial charge < -0.3 is 33.7 Å². The Balaban J connectivity index is 1.31. The summed E-state index contributed by atoms with van der Waals surface area (Å²) in [7, 11) is 0. The van der Waals surface area contributed by atoms with E-state index in [0.29, 0.717) is 61.7 Å². The van der Waals surface area contributed by atoms with Crippen molar-refractivity contribution >= 4 is 17.6 Å². The van der Waals surface area contributed by atoms with Gasteiger partial charge in [0.15, 0.2) is 11.5 Å². The molecule has 2 aliphatic heterocycles. The van der Waals surface area contributed by atoms with E-state index < -0.39 is 0 Å². The zero-order valence-corrected chi connectivity index (χ0v) is 23.7. The van der Waals surface area contributed by atoms with Crippen molar-refractivity contribution in [2.24, 2.45) is 0 Å². The molecule has 2 aromatic carbocycles. The number of urea groups is 1. The summed E-state index contributed by atoms with van der Waals surface area (Å²) in [4.78, 5) is 32.9. The molecule has 2 aliphatic rings. The van der Waals surface area contributed by atoms with Gasteiger partial charge in [-0.25, -0.2) is 4.79 Å². The normalized spacial score (nSPS) is 14.7. The molecule has 1 aromatic heterocycles. The number of fused-ring (bicyclic) bond motifs is 1. The molecule has 10 heteroatoms. The van der Waals surface area contributed by atoms with Crippen LogP contribution in [0.2, 0.25) is 0 Å². The van der Waals surface area contributed by atoms with Gasteiger partial charge in [-0.2, -0.15) is 0 Å². The highest BCUT2D eigenvalue weighted by atomic mass is 16.7. The summed E-state index contributed by atoms with van der Waals surface area (Å²) in [5.74, 6) is 2.21. The quantitative estimate of drug-likeness (QED) is 0.367. The summed E-state index contributed by atoms with van der Waals surface area (Å²) in [5.41, 5.74) is 2.78. The Bertz CT molecular complexity index is 1290. The lowest BCUT2D eigenvalue weighted by atomic mass is 10.0. The molecule has 3 amide bonds. The lowest BCUT2D eigenvalue weighted by molar-refractivity contribution is -0.133. The third-order valence-corrected chi connectivity index (χ3v) is 7.32. The topological polar surface area (TPSA) is 96.7 Å². The van der Waals surface area contributed by atoms with Crippen molar-refractivity contribution in [3.05, 3.63) is 77.7 Å². The van der Waals surface area contributed by atoms with Gasteiger partial charge in [0.1, 0.15) is 12.3 Å². The van der Waals surface area contributed by atoms with Crippen LogP contribution >= 0.6 is 0 Å². The Morgan fingerprint density at radius 3 is 2.46 bits per heavy atom. The molecule has 41 heavy (non-hydrogen) atoms. The molecular weight excluding hydrogens is 524 g/mol. The second-order valence-corrected chi connectivity index (χ2v) is 10.6. The fraction of sp³-hybridized carbons (Fsp3) is 0.419. The first kappa shape index (κ1) is 28.5. The Labute approximate surface area is 240 Å². The Morgan fingerprint density at radius 2 is 1.73 bits per heavy atom. The minimum atomic E-state index is -0.315. The highest BCUT2D eigenvalue weighted by Crippen LogP contribution is 2.33. The van der Waals surface area contributed by atoms with Crippen LogP contribution in [0.3, 0.4) is 0 Å². The molecule has 3 aromatic rings. The minimum Gasteiger partial charge on any atom is -0.467 e. The van der Waals surface area contributed by atoms with E-state index in [0.717, 1.165) is 18.7 Å². The number of anilines is 1. The monoisotopic (exact) mass is 562 g/mol. The van der Waals surface area contributed by atoms with Crippen LogP contribution in [0, 0.1) is 0 Å². The van der Waals surface area contributed by atoms with Gasteiger partial charge in [0, 0.05) is 38.4 Å². The number of amides is 3. The van der Waals surface area contributed by atoms with Crippen LogP contribution < -0.4 is 14.8 Å². The van der Waals surface area contributed by atoms with E-state index in [4.69, 9.17) is 18.6 Å². The van der Waals surface area contributed by atoms with Crippen LogP contribution in [0.25, 0.3) is 0 Å². The van der Waals surface area contributed by atoms with Crippen molar-refractivity contribution in [1.82, 2.24) is 14.7 Å². The summed E-state index contributed by atoms with van der Waals surface area (Å²) < 4.78 is 22.0. The maximum absolute atomic E-state index is 13.8. The molecule has 0 saturated carbocycles. The predicted molar refractivity (Wildman–Crippen MR) is 154 cm³/mol. The van der Waals surface area contributed by atoms with Crippen molar-refractivity contribution in [2.75, 3.05) is 58.0 Å². The first-order valence-corrected chi connectivity index (χ1v) is 14.1. The number of nitrogens with zero attached hydrogens (tertiary/aromatic N) is 3. The summed E-state index contributed by atoms with van der Waals surface area (Å²) in [6.45, 7) is 8.95. The number of ether oxygens (including phenoxy) is 3. The number of hydrogen-bond donors (Lipinski definition) is 1.